The molecule has 0 radical (unpaired) electrons. The van der Waals surface area contributed by atoms with Crippen LogP contribution in [0, 0.1) is 23.3 Å². The maximum Gasteiger partial charge on any atom is 0.261 e. The van der Waals surface area contributed by atoms with Crippen molar-refractivity contribution in [1.82, 2.24) is 4.98 Å². The Bertz CT molecular complexity index is 1320. The zero-order chi connectivity index (χ0) is 23.0. The second-order valence-electron chi connectivity index (χ2n) is 7.06. The molecular weight excluding hydrogens is 450 g/mol. The van der Waals surface area contributed by atoms with Gasteiger partial charge in [0.05, 0.1) is 11.4 Å². The van der Waals surface area contributed by atoms with Gasteiger partial charge in [0.15, 0.2) is 27.3 Å². The lowest BCUT2D eigenvalue weighted by Crippen LogP contribution is -2.37. The maximum atomic E-state index is 15.5. The van der Waals surface area contributed by atoms with Gasteiger partial charge in [-0.25, -0.2) is 26.0 Å². The Kier molecular flexibility index (Phi) is 5.59. The highest BCUT2D eigenvalue weighted by Crippen LogP contribution is 2.39. The van der Waals surface area contributed by atoms with Gasteiger partial charge in [-0.05, 0) is 29.8 Å². The molecule has 2 heterocycles. The number of carbonyl (C=O) groups excluding carboxylic acids is 1. The van der Waals surface area contributed by atoms with Crippen molar-refractivity contribution in [2.75, 3.05) is 22.5 Å². The number of pyridine rings is 1. The van der Waals surface area contributed by atoms with Crippen LogP contribution in [0.5, 0.6) is 0 Å². The van der Waals surface area contributed by atoms with E-state index in [1.165, 1.54) is 29.4 Å². The highest BCUT2D eigenvalue weighted by Gasteiger charge is 2.40. The lowest BCUT2D eigenvalue weighted by molar-refractivity contribution is 0.101. The molecule has 3 aromatic rings. The normalized spacial score (nSPS) is 14.7. The van der Waals surface area contributed by atoms with Gasteiger partial charge in [-0.3, -0.25) is 9.78 Å². The number of carbonyl (C=O) groups is 1. The topological polar surface area (TPSA) is 79.4 Å². The van der Waals surface area contributed by atoms with Crippen LogP contribution < -0.4 is 10.2 Å². The number of rotatable bonds is 4. The Morgan fingerprint density at radius 2 is 1.84 bits per heavy atom. The maximum absolute atomic E-state index is 15.5. The number of hydrogen-bond acceptors (Lipinski definition) is 5. The summed E-state index contributed by atoms with van der Waals surface area (Å²) in [5.74, 6) is -7.99. The van der Waals surface area contributed by atoms with Crippen LogP contribution in [-0.4, -0.2) is 31.6 Å². The molecule has 1 aliphatic heterocycles. The van der Waals surface area contributed by atoms with Crippen LogP contribution in [0.2, 0.25) is 0 Å². The van der Waals surface area contributed by atoms with E-state index in [9.17, 15) is 26.4 Å². The monoisotopic (exact) mass is 465 g/mol. The smallest absolute Gasteiger partial charge is 0.261 e. The standard InChI is InChI=1S/C21H15F4N3O3S/c22-13-4-1-5-14(9-13)27-21(29)15-16(23)18(25)20-19(17(15)24)28(7-8-32(20,30)31)11-12-3-2-6-26-10-12/h1-6,9-10H,7-8,11H2,(H,27,29). The SMILES string of the molecule is O=C(Nc1cccc(F)c1)c1c(F)c(F)c2c(c1F)N(Cc1cccnc1)CCS2(=O)=O. The van der Waals surface area contributed by atoms with E-state index in [1.807, 2.05) is 0 Å². The third kappa shape index (κ3) is 3.91. The highest BCUT2D eigenvalue weighted by atomic mass is 32.2. The van der Waals surface area contributed by atoms with Crippen LogP contribution in [0.25, 0.3) is 0 Å². The molecular formula is C21H15F4N3O3S. The Labute approximate surface area is 180 Å². The van der Waals surface area contributed by atoms with Crippen LogP contribution in [0.3, 0.4) is 0 Å². The summed E-state index contributed by atoms with van der Waals surface area (Å²) in [4.78, 5) is 16.6. The lowest BCUT2D eigenvalue weighted by atomic mass is 10.1. The molecule has 0 spiro atoms. The quantitative estimate of drug-likeness (QED) is 0.470. The minimum atomic E-state index is -4.34. The summed E-state index contributed by atoms with van der Waals surface area (Å²) >= 11 is 0. The van der Waals surface area contributed by atoms with Crippen LogP contribution in [-0.2, 0) is 16.4 Å². The molecule has 0 atom stereocenters. The molecule has 0 saturated carbocycles. The van der Waals surface area contributed by atoms with Crippen molar-refractivity contribution in [3.63, 3.8) is 0 Å². The number of sulfone groups is 1. The molecule has 4 rings (SSSR count). The Hall–Kier alpha value is -3.47. The fourth-order valence-electron chi connectivity index (χ4n) is 3.47. The van der Waals surface area contributed by atoms with Gasteiger partial charge in [-0.15, -0.1) is 0 Å². The van der Waals surface area contributed by atoms with Crippen molar-refractivity contribution < 1.29 is 30.8 Å². The first-order chi connectivity index (χ1) is 15.2. The zero-order valence-electron chi connectivity index (χ0n) is 16.3. The average molecular weight is 465 g/mol. The molecule has 1 aromatic heterocycles. The largest absolute Gasteiger partial charge is 0.363 e. The first kappa shape index (κ1) is 21.8. The van der Waals surface area contributed by atoms with Crippen LogP contribution >= 0.6 is 0 Å². The molecule has 0 saturated heterocycles. The first-order valence-corrected chi connectivity index (χ1v) is 11.0. The van der Waals surface area contributed by atoms with Gasteiger partial charge in [-0.1, -0.05) is 12.1 Å². The number of anilines is 2. The van der Waals surface area contributed by atoms with Crippen LogP contribution in [0.4, 0.5) is 28.9 Å². The minimum absolute atomic E-state index is 0.0523. The summed E-state index contributed by atoms with van der Waals surface area (Å²) in [6.45, 7) is -0.263. The molecule has 0 bridgehead atoms. The molecule has 1 aliphatic rings. The lowest BCUT2D eigenvalue weighted by Gasteiger charge is -2.32. The Balaban J connectivity index is 1.84. The van der Waals surface area contributed by atoms with E-state index < -0.39 is 60.9 Å². The molecule has 11 heteroatoms. The summed E-state index contributed by atoms with van der Waals surface area (Å²) in [7, 11) is -4.34. The van der Waals surface area contributed by atoms with Gasteiger partial charge in [0.2, 0.25) is 0 Å². The number of halogens is 4. The van der Waals surface area contributed by atoms with Crippen molar-refractivity contribution in [1.29, 1.82) is 0 Å². The van der Waals surface area contributed by atoms with Crippen molar-refractivity contribution in [2.24, 2.45) is 0 Å². The van der Waals surface area contributed by atoms with Gasteiger partial charge in [0, 0.05) is 31.2 Å². The molecule has 0 fully saturated rings. The zero-order valence-corrected chi connectivity index (χ0v) is 17.1. The van der Waals surface area contributed by atoms with Gasteiger partial charge in [0.25, 0.3) is 5.91 Å². The van der Waals surface area contributed by atoms with Gasteiger partial charge < -0.3 is 10.2 Å². The summed E-state index contributed by atoms with van der Waals surface area (Å²) < 4.78 is 83.4. The molecule has 166 valence electrons. The first-order valence-electron chi connectivity index (χ1n) is 9.33. The van der Waals surface area contributed by atoms with Crippen LogP contribution in [0.15, 0.2) is 53.7 Å². The number of aromatic nitrogens is 1. The third-order valence-electron chi connectivity index (χ3n) is 4.92. The molecule has 0 aliphatic carbocycles. The number of hydrogen-bond donors (Lipinski definition) is 1. The van der Waals surface area contributed by atoms with E-state index in [0.717, 1.165) is 12.1 Å². The van der Waals surface area contributed by atoms with Crippen molar-refractivity contribution in [3.05, 3.63) is 83.2 Å². The number of nitrogens with one attached hydrogen (secondary N) is 1. The summed E-state index contributed by atoms with van der Waals surface area (Å²) in [5.41, 5.74) is -1.60. The highest BCUT2D eigenvalue weighted by molar-refractivity contribution is 7.91. The van der Waals surface area contributed by atoms with E-state index in [4.69, 9.17) is 0 Å². The number of nitrogens with zero attached hydrogens (tertiary/aromatic N) is 2. The van der Waals surface area contributed by atoms with Gasteiger partial charge in [-0.2, -0.15) is 0 Å². The fraction of sp³-hybridized carbons (Fsp3) is 0.143. The molecule has 1 amide bonds. The summed E-state index contributed by atoms with van der Waals surface area (Å²) in [6, 6.07) is 7.78. The minimum Gasteiger partial charge on any atom is -0.363 e. The van der Waals surface area contributed by atoms with E-state index in [-0.39, 0.29) is 18.8 Å². The van der Waals surface area contributed by atoms with E-state index in [2.05, 4.69) is 10.3 Å². The summed E-state index contributed by atoms with van der Waals surface area (Å²) in [5, 5.41) is 2.10. The Morgan fingerprint density at radius 1 is 1.06 bits per heavy atom. The second-order valence-corrected chi connectivity index (χ2v) is 9.11. The number of benzene rings is 2. The number of amides is 1. The fourth-order valence-corrected chi connectivity index (χ4v) is 5.01. The molecule has 32 heavy (non-hydrogen) atoms. The van der Waals surface area contributed by atoms with E-state index >= 15 is 4.39 Å². The predicted molar refractivity (Wildman–Crippen MR) is 108 cm³/mol. The number of fused-ring (bicyclic) bond motifs is 1. The van der Waals surface area contributed by atoms with Crippen LogP contribution in [0.1, 0.15) is 15.9 Å². The van der Waals surface area contributed by atoms with E-state index in [0.29, 0.717) is 5.56 Å². The molecule has 2 aromatic carbocycles. The molecule has 1 N–H and O–H groups in total. The molecule has 6 nitrogen and oxygen atoms in total. The van der Waals surface area contributed by atoms with Gasteiger partial charge in [0.1, 0.15) is 16.3 Å². The Morgan fingerprint density at radius 3 is 2.53 bits per heavy atom. The van der Waals surface area contributed by atoms with Crippen molar-refractivity contribution in [2.45, 2.75) is 11.4 Å². The molecule has 0 unspecified atom stereocenters. The summed E-state index contributed by atoms with van der Waals surface area (Å²) in [6.07, 6.45) is 2.96. The average Bonchev–Trinajstić information content (AvgIpc) is 2.74. The van der Waals surface area contributed by atoms with Crippen molar-refractivity contribution >= 4 is 27.1 Å². The third-order valence-corrected chi connectivity index (χ3v) is 6.63. The van der Waals surface area contributed by atoms with E-state index in [1.54, 1.807) is 12.1 Å². The second kappa shape index (κ2) is 8.23. The predicted octanol–water partition coefficient (Wildman–Crippen LogP) is 3.68. The van der Waals surface area contributed by atoms with Crippen molar-refractivity contribution in [3.8, 4) is 0 Å². The van der Waals surface area contributed by atoms with Gasteiger partial charge >= 0.3 is 0 Å².